The van der Waals surface area contributed by atoms with E-state index < -0.39 is 26.7 Å². The van der Waals surface area contributed by atoms with Crippen molar-refractivity contribution in [2.45, 2.75) is 26.7 Å². The molecule has 2 rings (SSSR count). The SMILES string of the molecule is C.C.CNc1ccc(NC(=O)c2ccc(C(C)=O)c(S(=O)(=O)[O-])c2)cc1.[NH4+]. The van der Waals surface area contributed by atoms with Crippen molar-refractivity contribution in [1.29, 1.82) is 0 Å². The van der Waals surface area contributed by atoms with E-state index in [1.54, 1.807) is 31.3 Å². The number of hydrogen-bond acceptors (Lipinski definition) is 6. The van der Waals surface area contributed by atoms with Crippen molar-refractivity contribution in [3.63, 3.8) is 0 Å². The number of carbonyl (C=O) groups excluding carboxylic acids is 2. The number of benzene rings is 2. The van der Waals surface area contributed by atoms with Crippen LogP contribution in [0, 0.1) is 0 Å². The molecule has 0 aliphatic carbocycles. The first-order valence-electron chi connectivity index (χ1n) is 6.92. The molecule has 150 valence electrons. The summed E-state index contributed by atoms with van der Waals surface area (Å²) in [4.78, 5) is 23.0. The van der Waals surface area contributed by atoms with Crippen LogP contribution in [0.2, 0.25) is 0 Å². The fourth-order valence-electron chi connectivity index (χ4n) is 2.08. The smallest absolute Gasteiger partial charge is 0.255 e. The van der Waals surface area contributed by atoms with Gasteiger partial charge in [-0.2, -0.15) is 0 Å². The molecule has 0 spiro atoms. The van der Waals surface area contributed by atoms with Gasteiger partial charge in [0.2, 0.25) is 0 Å². The number of hydrogen-bond donors (Lipinski definition) is 3. The van der Waals surface area contributed by atoms with Crippen molar-refractivity contribution in [1.82, 2.24) is 6.15 Å². The summed E-state index contributed by atoms with van der Waals surface area (Å²) < 4.78 is 33.9. The van der Waals surface area contributed by atoms with Gasteiger partial charge in [-0.3, -0.25) is 9.59 Å². The molecule has 0 aliphatic rings. The van der Waals surface area contributed by atoms with E-state index in [-0.39, 0.29) is 32.1 Å². The molecule has 0 unspecified atom stereocenters. The maximum atomic E-state index is 12.2. The summed E-state index contributed by atoms with van der Waals surface area (Å²) in [5, 5.41) is 5.52. The van der Waals surface area contributed by atoms with Gasteiger partial charge in [0.25, 0.3) is 5.91 Å². The molecule has 1 amide bonds. The van der Waals surface area contributed by atoms with E-state index in [2.05, 4.69) is 10.6 Å². The largest absolute Gasteiger partial charge is 0.744 e. The van der Waals surface area contributed by atoms with Crippen LogP contribution >= 0.6 is 0 Å². The number of quaternary nitrogens is 1. The molecule has 0 aromatic heterocycles. The monoisotopic (exact) mass is 397 g/mol. The molecule has 0 heterocycles. The zero-order chi connectivity index (χ0) is 17.9. The van der Waals surface area contributed by atoms with Crippen LogP contribution in [0.4, 0.5) is 11.4 Å². The predicted octanol–water partition coefficient (Wildman–Crippen LogP) is 3.74. The highest BCUT2D eigenvalue weighted by molar-refractivity contribution is 7.85. The van der Waals surface area contributed by atoms with Gasteiger partial charge >= 0.3 is 0 Å². The van der Waals surface area contributed by atoms with Gasteiger partial charge in [0.1, 0.15) is 10.1 Å². The van der Waals surface area contributed by atoms with E-state index in [1.807, 2.05) is 0 Å². The fraction of sp³-hybridized carbons (Fsp3) is 0.222. The third kappa shape index (κ3) is 6.48. The zero-order valence-electron chi connectivity index (χ0n) is 14.0. The first-order valence-corrected chi connectivity index (χ1v) is 8.33. The van der Waals surface area contributed by atoms with Crippen LogP contribution in [0.3, 0.4) is 0 Å². The summed E-state index contributed by atoms with van der Waals surface area (Å²) in [7, 11) is -3.12. The lowest BCUT2D eigenvalue weighted by Gasteiger charge is -2.13. The lowest BCUT2D eigenvalue weighted by molar-refractivity contribution is 0.100. The fourth-order valence-corrected chi connectivity index (χ4v) is 2.84. The van der Waals surface area contributed by atoms with Crippen LogP contribution in [-0.2, 0) is 10.1 Å². The molecule has 9 heteroatoms. The molecule has 2 aromatic carbocycles. The molecule has 0 saturated heterocycles. The van der Waals surface area contributed by atoms with Gasteiger partial charge in [-0.15, -0.1) is 0 Å². The first-order chi connectivity index (χ1) is 11.2. The van der Waals surface area contributed by atoms with Gasteiger partial charge < -0.3 is 21.3 Å². The minimum absolute atomic E-state index is 0. The van der Waals surface area contributed by atoms with Crippen molar-refractivity contribution >= 4 is 33.2 Å². The van der Waals surface area contributed by atoms with E-state index in [0.29, 0.717) is 5.69 Å². The molecule has 8 nitrogen and oxygen atoms in total. The molecule has 27 heavy (non-hydrogen) atoms. The summed E-state index contributed by atoms with van der Waals surface area (Å²) in [6, 6.07) is 10.2. The first kappa shape index (κ1) is 26.5. The Bertz CT molecular complexity index is 894. The van der Waals surface area contributed by atoms with E-state index in [1.165, 1.54) is 6.07 Å². The van der Waals surface area contributed by atoms with E-state index in [4.69, 9.17) is 0 Å². The number of Topliss-reactive ketones (excluding diaryl/α,β-unsaturated/α-hetero) is 1. The average molecular weight is 397 g/mol. The predicted molar refractivity (Wildman–Crippen MR) is 108 cm³/mol. The molecule has 0 saturated carbocycles. The number of carbonyl (C=O) groups is 2. The molecule has 0 radical (unpaired) electrons. The van der Waals surface area contributed by atoms with Crippen LogP contribution in [0.5, 0.6) is 0 Å². The van der Waals surface area contributed by atoms with Gasteiger partial charge in [-0.25, -0.2) is 8.42 Å². The second-order valence-electron chi connectivity index (χ2n) is 5.00. The normalized spacial score (nSPS) is 9.74. The van der Waals surface area contributed by atoms with Crippen molar-refractivity contribution < 1.29 is 22.6 Å². The topological polar surface area (TPSA) is 152 Å². The lowest BCUT2D eigenvalue weighted by atomic mass is 10.1. The molecule has 6 N–H and O–H groups in total. The minimum atomic E-state index is -4.88. The minimum Gasteiger partial charge on any atom is -0.744 e. The Morgan fingerprint density at radius 3 is 1.93 bits per heavy atom. The molecule has 0 aliphatic heterocycles. The number of nitrogens with one attached hydrogen (secondary N) is 2. The van der Waals surface area contributed by atoms with Crippen molar-refractivity contribution in [3.05, 3.63) is 53.6 Å². The molecular formula is C18H27N3O5S. The number of rotatable bonds is 5. The van der Waals surface area contributed by atoms with Gasteiger partial charge in [-0.05, 0) is 49.4 Å². The van der Waals surface area contributed by atoms with Gasteiger partial charge in [0.05, 0.1) is 4.90 Å². The Balaban J connectivity index is 0. The highest BCUT2D eigenvalue weighted by Gasteiger charge is 2.16. The Kier molecular flexibility index (Phi) is 10.2. The number of ketones is 1. The molecule has 0 fully saturated rings. The Morgan fingerprint density at radius 1 is 0.963 bits per heavy atom. The van der Waals surface area contributed by atoms with Crippen LogP contribution in [0.15, 0.2) is 47.4 Å². The summed E-state index contributed by atoms with van der Waals surface area (Å²) >= 11 is 0. The maximum Gasteiger partial charge on any atom is 0.255 e. The third-order valence-corrected chi connectivity index (χ3v) is 4.20. The number of amides is 1. The third-order valence-electron chi connectivity index (χ3n) is 3.32. The second-order valence-corrected chi connectivity index (χ2v) is 6.35. The Morgan fingerprint density at radius 2 is 1.48 bits per heavy atom. The molecular weight excluding hydrogens is 370 g/mol. The second kappa shape index (κ2) is 10.4. The van der Waals surface area contributed by atoms with Crippen molar-refractivity contribution in [2.24, 2.45) is 0 Å². The van der Waals surface area contributed by atoms with E-state index in [9.17, 15) is 22.6 Å². The summed E-state index contributed by atoms with van der Waals surface area (Å²) in [5.41, 5.74) is 1.09. The Hall–Kier alpha value is -2.75. The van der Waals surface area contributed by atoms with Gasteiger partial charge in [0.15, 0.2) is 5.78 Å². The zero-order valence-corrected chi connectivity index (χ0v) is 14.8. The standard InChI is InChI=1S/C16H16N2O5S.2CH4.H3N/c1-10(19)14-8-3-11(9-15(14)24(21,22)23)16(20)18-13-6-4-12(17-2)5-7-13;;;/h3-9,17H,1-2H3,(H,18,20)(H,21,22,23);2*1H4;1H3. The van der Waals surface area contributed by atoms with Crippen LogP contribution in [0.1, 0.15) is 42.5 Å². The summed E-state index contributed by atoms with van der Waals surface area (Å²) in [6.45, 7) is 1.15. The highest BCUT2D eigenvalue weighted by atomic mass is 32.2. The summed E-state index contributed by atoms with van der Waals surface area (Å²) in [5.74, 6) is -1.16. The van der Waals surface area contributed by atoms with Crippen LogP contribution < -0.4 is 16.8 Å². The summed E-state index contributed by atoms with van der Waals surface area (Å²) in [6.07, 6.45) is 0. The highest BCUT2D eigenvalue weighted by Crippen LogP contribution is 2.20. The average Bonchev–Trinajstić information content (AvgIpc) is 2.54. The van der Waals surface area contributed by atoms with Gasteiger partial charge in [-0.1, -0.05) is 14.9 Å². The lowest BCUT2D eigenvalue weighted by Crippen LogP contribution is -2.14. The van der Waals surface area contributed by atoms with E-state index in [0.717, 1.165) is 24.7 Å². The van der Waals surface area contributed by atoms with Crippen molar-refractivity contribution in [3.8, 4) is 0 Å². The van der Waals surface area contributed by atoms with Crippen molar-refractivity contribution in [2.75, 3.05) is 17.7 Å². The van der Waals surface area contributed by atoms with Crippen LogP contribution in [-0.4, -0.2) is 31.7 Å². The molecule has 0 atom stereocenters. The van der Waals surface area contributed by atoms with Crippen LogP contribution in [0.25, 0.3) is 0 Å². The van der Waals surface area contributed by atoms with Gasteiger partial charge in [0, 0.05) is 29.5 Å². The maximum absolute atomic E-state index is 12.2. The quantitative estimate of drug-likeness (QED) is 0.516. The number of anilines is 2. The molecule has 2 aromatic rings. The van der Waals surface area contributed by atoms with E-state index >= 15 is 0 Å². The Labute approximate surface area is 160 Å². The molecule has 0 bridgehead atoms.